The van der Waals surface area contributed by atoms with E-state index in [0.29, 0.717) is 54.1 Å². The second-order valence-corrected chi connectivity index (χ2v) is 10.5. The molecule has 4 aromatic carbocycles. The highest BCUT2D eigenvalue weighted by molar-refractivity contribution is 6.36. The molecular weight excluding hydrogens is 618 g/mol. The third-order valence-corrected chi connectivity index (χ3v) is 7.13. The molecule has 0 fully saturated rings. The van der Waals surface area contributed by atoms with Crippen LogP contribution in [0.2, 0.25) is 20.1 Å². The van der Waals surface area contributed by atoms with E-state index in [9.17, 15) is 9.59 Å². The maximum atomic E-state index is 12.6. The predicted molar refractivity (Wildman–Crippen MR) is 173 cm³/mol. The minimum Gasteiger partial charge on any atom is -0.495 e. The lowest BCUT2D eigenvalue weighted by Gasteiger charge is -2.14. The Hall–Kier alpha value is -3.94. The molecule has 0 aliphatic heterocycles. The van der Waals surface area contributed by atoms with Gasteiger partial charge in [-0.15, -0.1) is 0 Å². The largest absolute Gasteiger partial charge is 0.495 e. The molecular formula is C32H24Cl4N2O4. The van der Waals surface area contributed by atoms with Gasteiger partial charge in [0.05, 0.1) is 25.6 Å². The minimum atomic E-state index is -0.360. The fraction of sp³-hybridized carbons (Fsp3) is 0.0625. The zero-order valence-corrected chi connectivity index (χ0v) is 25.4. The van der Waals surface area contributed by atoms with Crippen LogP contribution in [-0.2, 0) is 9.59 Å². The lowest BCUT2D eigenvalue weighted by Crippen LogP contribution is -2.09. The monoisotopic (exact) mass is 640 g/mol. The Kier molecular flexibility index (Phi) is 10.6. The summed E-state index contributed by atoms with van der Waals surface area (Å²) in [5, 5.41) is 7.52. The van der Waals surface area contributed by atoms with E-state index in [1.807, 2.05) is 12.1 Å². The molecule has 0 aromatic heterocycles. The molecule has 10 heteroatoms. The Bertz CT molecular complexity index is 1580. The molecule has 6 nitrogen and oxygen atoms in total. The number of carbonyl (C=O) groups excluding carboxylic acids is 2. The van der Waals surface area contributed by atoms with Crippen molar-refractivity contribution in [1.82, 2.24) is 0 Å². The van der Waals surface area contributed by atoms with Gasteiger partial charge in [-0.05, 0) is 82.9 Å². The number of ether oxygens (including phenoxy) is 2. The van der Waals surface area contributed by atoms with Gasteiger partial charge in [0.25, 0.3) is 0 Å². The highest BCUT2D eigenvalue weighted by Crippen LogP contribution is 2.35. The first-order valence-electron chi connectivity index (χ1n) is 12.4. The first-order chi connectivity index (χ1) is 20.2. The Morgan fingerprint density at radius 1 is 0.595 bits per heavy atom. The lowest BCUT2D eigenvalue weighted by atomic mass is 10.0. The van der Waals surface area contributed by atoms with Crippen LogP contribution in [0.25, 0.3) is 23.3 Å². The van der Waals surface area contributed by atoms with Gasteiger partial charge in [0.15, 0.2) is 0 Å². The topological polar surface area (TPSA) is 76.7 Å². The van der Waals surface area contributed by atoms with Crippen LogP contribution in [0, 0.1) is 0 Å². The van der Waals surface area contributed by atoms with E-state index >= 15 is 0 Å². The van der Waals surface area contributed by atoms with E-state index in [4.69, 9.17) is 55.9 Å². The summed E-state index contributed by atoms with van der Waals surface area (Å²) in [6.45, 7) is 0. The molecule has 2 amide bonds. The molecule has 0 saturated heterocycles. The van der Waals surface area contributed by atoms with Crippen molar-refractivity contribution in [2.24, 2.45) is 0 Å². The number of halogens is 4. The summed E-state index contributed by atoms with van der Waals surface area (Å²) in [4.78, 5) is 25.1. The quantitative estimate of drug-likeness (QED) is 0.179. The first-order valence-corrected chi connectivity index (χ1v) is 13.9. The van der Waals surface area contributed by atoms with Crippen molar-refractivity contribution < 1.29 is 19.1 Å². The van der Waals surface area contributed by atoms with Crippen molar-refractivity contribution in [2.75, 3.05) is 24.9 Å². The van der Waals surface area contributed by atoms with Gasteiger partial charge in [0.1, 0.15) is 11.5 Å². The van der Waals surface area contributed by atoms with Crippen LogP contribution in [0.3, 0.4) is 0 Å². The maximum Gasteiger partial charge on any atom is 0.248 e. The fourth-order valence-electron chi connectivity index (χ4n) is 3.90. The van der Waals surface area contributed by atoms with E-state index in [-0.39, 0.29) is 11.8 Å². The number of methoxy groups -OCH3 is 2. The summed E-state index contributed by atoms with van der Waals surface area (Å²) in [6, 6.07) is 20.8. The summed E-state index contributed by atoms with van der Waals surface area (Å²) < 4.78 is 11.1. The molecule has 0 radical (unpaired) electrons. The van der Waals surface area contributed by atoms with Gasteiger partial charge in [0.2, 0.25) is 11.8 Å². The average Bonchev–Trinajstić information content (AvgIpc) is 2.96. The van der Waals surface area contributed by atoms with Gasteiger partial charge in [0, 0.05) is 32.2 Å². The lowest BCUT2D eigenvalue weighted by molar-refractivity contribution is -0.112. The van der Waals surface area contributed by atoms with Crippen molar-refractivity contribution in [1.29, 1.82) is 0 Å². The van der Waals surface area contributed by atoms with Crippen molar-refractivity contribution in [2.45, 2.75) is 0 Å². The minimum absolute atomic E-state index is 0.360. The number of benzene rings is 4. The average molecular weight is 642 g/mol. The number of anilines is 2. The molecule has 42 heavy (non-hydrogen) atoms. The highest BCUT2D eigenvalue weighted by Gasteiger charge is 2.12. The van der Waals surface area contributed by atoms with E-state index in [1.165, 1.54) is 26.4 Å². The van der Waals surface area contributed by atoms with Crippen LogP contribution >= 0.6 is 46.4 Å². The first kappa shape index (κ1) is 31.0. The Morgan fingerprint density at radius 2 is 1.00 bits per heavy atom. The zero-order chi connectivity index (χ0) is 30.2. The van der Waals surface area contributed by atoms with Gasteiger partial charge >= 0.3 is 0 Å². The summed E-state index contributed by atoms with van der Waals surface area (Å²) >= 11 is 24.2. The van der Waals surface area contributed by atoms with Crippen molar-refractivity contribution >= 4 is 81.7 Å². The van der Waals surface area contributed by atoms with E-state index in [2.05, 4.69) is 10.6 Å². The molecule has 0 saturated carbocycles. The van der Waals surface area contributed by atoms with Gasteiger partial charge < -0.3 is 20.1 Å². The van der Waals surface area contributed by atoms with Crippen LogP contribution in [0.4, 0.5) is 11.4 Å². The molecule has 0 aliphatic carbocycles. The number of carbonyl (C=O) groups is 2. The Balaban J connectivity index is 1.47. The third-order valence-electron chi connectivity index (χ3n) is 6.01. The normalized spacial score (nSPS) is 11.1. The Labute approximate surface area is 263 Å². The molecule has 0 unspecified atom stereocenters. The SMILES string of the molecule is COc1cc(-c2ccc(NC(=O)C=Cc3ccc(Cl)cc3Cl)c(OC)c2)ccc1NC(=O)C=Cc1ccc(Cl)cc1Cl. The van der Waals surface area contributed by atoms with Gasteiger partial charge in [-0.25, -0.2) is 0 Å². The van der Waals surface area contributed by atoms with Crippen LogP contribution in [-0.4, -0.2) is 26.0 Å². The van der Waals surface area contributed by atoms with Crippen LogP contribution in [0.1, 0.15) is 11.1 Å². The smallest absolute Gasteiger partial charge is 0.248 e. The predicted octanol–water partition coefficient (Wildman–Crippen LogP) is 9.29. The van der Waals surface area contributed by atoms with Crippen LogP contribution < -0.4 is 20.1 Å². The number of nitrogens with one attached hydrogen (secondary N) is 2. The maximum absolute atomic E-state index is 12.6. The van der Waals surface area contributed by atoms with E-state index < -0.39 is 0 Å². The van der Waals surface area contributed by atoms with Gasteiger partial charge in [-0.2, -0.15) is 0 Å². The molecule has 0 aliphatic rings. The second-order valence-electron chi connectivity index (χ2n) is 8.81. The van der Waals surface area contributed by atoms with E-state index in [0.717, 1.165) is 11.1 Å². The van der Waals surface area contributed by atoms with Crippen molar-refractivity contribution in [3.8, 4) is 22.6 Å². The summed E-state index contributed by atoms with van der Waals surface area (Å²) in [7, 11) is 3.03. The number of rotatable bonds is 9. The molecule has 2 N–H and O–H groups in total. The standard InChI is InChI=1S/C32H24Cl4N2O4/c1-41-29-15-21(5-11-27(29)37-31(39)13-7-19-3-9-23(33)17-25(19)35)22-6-12-28(30(16-22)42-2)38-32(40)14-8-20-4-10-24(34)18-26(20)36/h3-18H,1-2H3,(H,37,39)(H,38,40). The van der Waals surface area contributed by atoms with Crippen LogP contribution in [0.5, 0.6) is 11.5 Å². The third kappa shape index (κ3) is 8.08. The van der Waals surface area contributed by atoms with Crippen molar-refractivity contribution in [3.05, 3.63) is 116 Å². The second kappa shape index (κ2) is 14.3. The van der Waals surface area contributed by atoms with Crippen LogP contribution in [0.15, 0.2) is 84.9 Å². The summed E-state index contributed by atoms with van der Waals surface area (Å²) in [6.07, 6.45) is 5.95. The molecule has 0 heterocycles. The van der Waals surface area contributed by atoms with E-state index in [1.54, 1.807) is 72.8 Å². The number of hydrogen-bond donors (Lipinski definition) is 2. The number of hydrogen-bond acceptors (Lipinski definition) is 4. The molecule has 0 atom stereocenters. The molecule has 4 rings (SSSR count). The Morgan fingerprint density at radius 3 is 1.36 bits per heavy atom. The van der Waals surface area contributed by atoms with Gasteiger partial charge in [-0.1, -0.05) is 70.7 Å². The van der Waals surface area contributed by atoms with Crippen molar-refractivity contribution in [3.63, 3.8) is 0 Å². The highest BCUT2D eigenvalue weighted by atomic mass is 35.5. The molecule has 0 spiro atoms. The fourth-order valence-corrected chi connectivity index (χ4v) is 4.84. The summed E-state index contributed by atoms with van der Waals surface area (Å²) in [5.41, 5.74) is 3.91. The molecule has 4 aromatic rings. The van der Waals surface area contributed by atoms with Gasteiger partial charge in [-0.3, -0.25) is 9.59 Å². The zero-order valence-electron chi connectivity index (χ0n) is 22.4. The molecule has 214 valence electrons. The number of amides is 2. The summed E-state index contributed by atoms with van der Waals surface area (Å²) in [5.74, 6) is 0.199. The molecule has 0 bridgehead atoms.